The maximum atomic E-state index is 13.6. The van der Waals surface area contributed by atoms with Crippen LogP contribution in [0.4, 0.5) is 0 Å². The second kappa shape index (κ2) is 21.0. The molecule has 274 valence electrons. The minimum Gasteiger partial charge on any atom is -0.368 e. The van der Waals surface area contributed by atoms with Gasteiger partial charge in [-0.1, -0.05) is 29.8 Å². The quantitative estimate of drug-likeness (QED) is 0.140. The van der Waals surface area contributed by atoms with E-state index in [1.807, 2.05) is 0 Å². The molecule has 1 heterocycles. The maximum Gasteiger partial charge on any atom is 0.245 e. The summed E-state index contributed by atoms with van der Waals surface area (Å²) in [6.07, 6.45) is -0.205. The van der Waals surface area contributed by atoms with Crippen LogP contribution in [0.1, 0.15) is 45.1 Å². The van der Waals surface area contributed by atoms with E-state index in [9.17, 15) is 43.2 Å². The summed E-state index contributed by atoms with van der Waals surface area (Å²) < 4.78 is 0. The zero-order chi connectivity index (χ0) is 37.2. The SMILES string of the molecule is CCN1CC(=O)NC(Cc2ccccc2Cl)C(=O)NCC(=O)NCC(=O)NC(C(N)=O)CCCNC(=O)CCC(NC(=O)CNC(C)=O)C1=O. The van der Waals surface area contributed by atoms with Crippen molar-refractivity contribution < 1.29 is 43.2 Å². The highest BCUT2D eigenvalue weighted by molar-refractivity contribution is 6.31. The molecule has 0 spiro atoms. The lowest BCUT2D eigenvalue weighted by Gasteiger charge is -2.27. The van der Waals surface area contributed by atoms with Crippen molar-refractivity contribution >= 4 is 64.8 Å². The molecule has 1 aliphatic heterocycles. The first kappa shape index (κ1) is 40.9. The van der Waals surface area contributed by atoms with Gasteiger partial charge in [-0.05, 0) is 37.8 Å². The van der Waals surface area contributed by atoms with Crippen LogP contribution < -0.4 is 43.0 Å². The first-order valence-corrected chi connectivity index (χ1v) is 16.3. The molecule has 3 unspecified atom stereocenters. The lowest BCUT2D eigenvalue weighted by molar-refractivity contribution is -0.140. The molecule has 2 rings (SSSR count). The van der Waals surface area contributed by atoms with Gasteiger partial charge in [0.2, 0.25) is 53.2 Å². The monoisotopic (exact) mass is 721 g/mol. The van der Waals surface area contributed by atoms with Crippen molar-refractivity contribution in [2.24, 2.45) is 5.73 Å². The minimum absolute atomic E-state index is 0.00580. The summed E-state index contributed by atoms with van der Waals surface area (Å²) >= 11 is 6.29. The molecular formula is C31H44ClN9O9. The van der Waals surface area contributed by atoms with Crippen LogP contribution >= 0.6 is 11.6 Å². The third-order valence-electron chi connectivity index (χ3n) is 7.39. The highest BCUT2D eigenvalue weighted by Gasteiger charge is 2.29. The second-order valence-electron chi connectivity index (χ2n) is 11.3. The van der Waals surface area contributed by atoms with E-state index in [0.29, 0.717) is 10.6 Å². The number of carbonyl (C=O) groups excluding carboxylic acids is 9. The fraction of sp³-hybridized carbons (Fsp3) is 0.516. The zero-order valence-corrected chi connectivity index (χ0v) is 28.7. The Kier molecular flexibility index (Phi) is 17.2. The van der Waals surface area contributed by atoms with Crippen LogP contribution in [-0.4, -0.2) is 115 Å². The van der Waals surface area contributed by atoms with Crippen LogP contribution in [-0.2, 0) is 49.6 Å². The Hall–Kier alpha value is -5.26. The molecule has 1 fully saturated rings. The number of carbonyl (C=O) groups is 9. The predicted octanol–water partition coefficient (Wildman–Crippen LogP) is -3.27. The van der Waals surface area contributed by atoms with Crippen LogP contribution in [0.5, 0.6) is 0 Å². The number of nitrogens with two attached hydrogens (primary N) is 1. The van der Waals surface area contributed by atoms with Crippen molar-refractivity contribution in [3.05, 3.63) is 34.9 Å². The lowest BCUT2D eigenvalue weighted by atomic mass is 10.0. The van der Waals surface area contributed by atoms with E-state index in [1.165, 1.54) is 6.92 Å². The Labute approximate surface area is 293 Å². The molecule has 1 aromatic carbocycles. The molecule has 0 radical (unpaired) electrons. The predicted molar refractivity (Wildman–Crippen MR) is 179 cm³/mol. The van der Waals surface area contributed by atoms with Crippen molar-refractivity contribution in [3.8, 4) is 0 Å². The number of halogens is 1. The summed E-state index contributed by atoms with van der Waals surface area (Å²) in [5.74, 6) is -6.22. The summed E-state index contributed by atoms with van der Waals surface area (Å²) in [4.78, 5) is 114. The first-order chi connectivity index (χ1) is 23.7. The number of rotatable bonds is 7. The van der Waals surface area contributed by atoms with Gasteiger partial charge in [0, 0.05) is 37.9 Å². The number of hydrogen-bond donors (Lipinski definition) is 8. The molecule has 0 bridgehead atoms. The molecule has 1 saturated heterocycles. The van der Waals surface area contributed by atoms with Gasteiger partial charge >= 0.3 is 0 Å². The van der Waals surface area contributed by atoms with Crippen molar-refractivity contribution in [1.29, 1.82) is 0 Å². The Morgan fingerprint density at radius 2 is 1.62 bits per heavy atom. The molecule has 3 atom stereocenters. The lowest BCUT2D eigenvalue weighted by Crippen LogP contribution is -2.55. The maximum absolute atomic E-state index is 13.6. The van der Waals surface area contributed by atoms with Crippen LogP contribution in [0.25, 0.3) is 0 Å². The number of amides is 9. The molecule has 0 saturated carbocycles. The van der Waals surface area contributed by atoms with Crippen LogP contribution in [0, 0.1) is 0 Å². The standard InChI is InChI=1S/C31H44ClN9O9/c1-3-41-17-28(47)40-23(13-19-7-4-5-8-20(19)32)30(49)37-14-25(44)36-16-27(46)38-21(29(33)48)9-6-12-34-24(43)11-10-22(31(41)50)39-26(45)15-35-18(2)42/h4-5,7-8,21-23H,3,6,9-17H2,1-2H3,(H2,33,48)(H,34,43)(H,35,42)(H,36,44)(H,37,49)(H,38,46)(H,39,45)(H,40,47). The van der Waals surface area contributed by atoms with Gasteiger partial charge in [-0.2, -0.15) is 0 Å². The van der Waals surface area contributed by atoms with Gasteiger partial charge in [-0.3, -0.25) is 43.2 Å². The fourth-order valence-electron chi connectivity index (χ4n) is 4.74. The molecule has 19 heteroatoms. The summed E-state index contributed by atoms with van der Waals surface area (Å²) in [6, 6.07) is 2.95. The Balaban J connectivity index is 2.35. The first-order valence-electron chi connectivity index (χ1n) is 15.9. The van der Waals surface area contributed by atoms with Gasteiger partial charge in [0.25, 0.3) is 0 Å². The Bertz CT molecular complexity index is 1440. The second-order valence-corrected chi connectivity index (χ2v) is 11.8. The van der Waals surface area contributed by atoms with Gasteiger partial charge in [0.05, 0.1) is 26.2 Å². The van der Waals surface area contributed by atoms with Gasteiger partial charge < -0.3 is 47.9 Å². The van der Waals surface area contributed by atoms with Crippen LogP contribution in [0.3, 0.4) is 0 Å². The van der Waals surface area contributed by atoms with Crippen molar-refractivity contribution in [1.82, 2.24) is 42.1 Å². The number of nitrogens with zero attached hydrogens (tertiary/aromatic N) is 1. The van der Waals surface area contributed by atoms with Gasteiger partial charge in [-0.15, -0.1) is 0 Å². The normalized spacial score (nSPS) is 21.0. The summed E-state index contributed by atoms with van der Waals surface area (Å²) in [7, 11) is 0. The van der Waals surface area contributed by atoms with Gasteiger partial charge in [0.15, 0.2) is 0 Å². The van der Waals surface area contributed by atoms with Crippen molar-refractivity contribution in [2.75, 3.05) is 39.3 Å². The average molecular weight is 722 g/mol. The number of likely N-dealkylation sites (N-methyl/N-ethyl adjacent to an activating group) is 1. The Morgan fingerprint density at radius 1 is 0.920 bits per heavy atom. The van der Waals surface area contributed by atoms with Crippen molar-refractivity contribution in [2.45, 2.75) is 64.1 Å². The van der Waals surface area contributed by atoms with E-state index in [-0.39, 0.29) is 45.2 Å². The number of nitrogens with one attached hydrogen (secondary N) is 7. The van der Waals surface area contributed by atoms with E-state index in [2.05, 4.69) is 37.2 Å². The average Bonchev–Trinajstić information content (AvgIpc) is 3.07. The molecule has 1 aliphatic rings. The van der Waals surface area contributed by atoms with Crippen LogP contribution in [0.15, 0.2) is 24.3 Å². The molecule has 18 nitrogen and oxygen atoms in total. The molecule has 9 amide bonds. The van der Waals surface area contributed by atoms with Gasteiger partial charge in [-0.25, -0.2) is 0 Å². The van der Waals surface area contributed by atoms with Crippen molar-refractivity contribution in [3.63, 3.8) is 0 Å². The topological polar surface area (TPSA) is 267 Å². The molecule has 50 heavy (non-hydrogen) atoms. The molecule has 0 aromatic heterocycles. The number of primary amides is 1. The Morgan fingerprint density at radius 3 is 2.28 bits per heavy atom. The fourth-order valence-corrected chi connectivity index (χ4v) is 4.95. The summed E-state index contributed by atoms with van der Waals surface area (Å²) in [6.45, 7) is 0.808. The molecule has 1 aromatic rings. The smallest absolute Gasteiger partial charge is 0.245 e. The third-order valence-corrected chi connectivity index (χ3v) is 7.76. The molecule has 0 aliphatic carbocycles. The summed E-state index contributed by atoms with van der Waals surface area (Å²) in [5.41, 5.74) is 5.90. The van der Waals surface area contributed by atoms with E-state index >= 15 is 0 Å². The highest BCUT2D eigenvalue weighted by Crippen LogP contribution is 2.17. The van der Waals surface area contributed by atoms with E-state index in [4.69, 9.17) is 17.3 Å². The van der Waals surface area contributed by atoms with E-state index in [0.717, 1.165) is 4.90 Å². The highest BCUT2D eigenvalue weighted by atomic mass is 35.5. The molecular weight excluding hydrogens is 678 g/mol. The van der Waals surface area contributed by atoms with Gasteiger partial charge in [0.1, 0.15) is 18.1 Å². The largest absolute Gasteiger partial charge is 0.368 e. The number of benzene rings is 1. The number of hydrogen-bond acceptors (Lipinski definition) is 9. The van der Waals surface area contributed by atoms with E-state index in [1.54, 1.807) is 31.2 Å². The zero-order valence-electron chi connectivity index (χ0n) is 27.9. The molecule has 9 N–H and O–H groups in total. The summed E-state index contributed by atoms with van der Waals surface area (Å²) in [5, 5.41) is 17.4. The van der Waals surface area contributed by atoms with Crippen LogP contribution in [0.2, 0.25) is 5.02 Å². The third kappa shape index (κ3) is 14.9. The minimum atomic E-state index is -1.27. The van der Waals surface area contributed by atoms with E-state index < -0.39 is 97.5 Å².